The van der Waals surface area contributed by atoms with Crippen LogP contribution in [0.25, 0.3) is 0 Å². The molecule has 0 spiro atoms. The van der Waals surface area contributed by atoms with E-state index in [1.54, 1.807) is 34.1 Å². The first-order chi connectivity index (χ1) is 13.2. The molecule has 144 valence electrons. The predicted molar refractivity (Wildman–Crippen MR) is 97.7 cm³/mol. The Hall–Kier alpha value is -2.75. The summed E-state index contributed by atoms with van der Waals surface area (Å²) in [6, 6.07) is 8.58. The van der Waals surface area contributed by atoms with Crippen molar-refractivity contribution in [3.05, 3.63) is 35.4 Å². The summed E-state index contributed by atoms with van der Waals surface area (Å²) in [5, 5.41) is 8.96. The lowest BCUT2D eigenvalue weighted by Crippen LogP contribution is -2.39. The average molecular weight is 371 g/mol. The largest absolute Gasteiger partial charge is 0.413 e. The lowest BCUT2D eigenvalue weighted by atomic mass is 10.1. The van der Waals surface area contributed by atoms with Gasteiger partial charge in [-0.2, -0.15) is 5.26 Å². The number of hydrogen-bond donors (Lipinski definition) is 0. The van der Waals surface area contributed by atoms with E-state index in [9.17, 15) is 9.59 Å². The molecule has 0 radical (unpaired) electrons. The number of carbonyl (C=O) groups excluding carboxylic acids is 2. The van der Waals surface area contributed by atoms with Crippen LogP contribution in [0.5, 0.6) is 0 Å². The second kappa shape index (κ2) is 9.26. The van der Waals surface area contributed by atoms with Gasteiger partial charge < -0.3 is 19.3 Å². The van der Waals surface area contributed by atoms with Gasteiger partial charge in [-0.1, -0.05) is 12.1 Å². The van der Waals surface area contributed by atoms with Gasteiger partial charge in [-0.05, 0) is 50.7 Å². The number of nitrogens with zero attached hydrogens (tertiary/aromatic N) is 3. The minimum atomic E-state index is -1.12. The Bertz CT molecular complexity index is 654. The monoisotopic (exact) mass is 371 g/mol. The highest BCUT2D eigenvalue weighted by Gasteiger charge is 2.28. The smallest absolute Gasteiger partial charge is 0.404 e. The summed E-state index contributed by atoms with van der Waals surface area (Å²) < 4.78 is 11.1. The molecule has 3 rings (SSSR count). The number of carbonyl (C=O) groups is 2. The molecular weight excluding hydrogens is 346 g/mol. The number of hydrogen-bond acceptors (Lipinski definition) is 5. The molecule has 2 aliphatic heterocycles. The van der Waals surface area contributed by atoms with E-state index >= 15 is 0 Å². The average Bonchev–Trinajstić information content (AvgIpc) is 2.74. The van der Waals surface area contributed by atoms with Crippen molar-refractivity contribution in [2.75, 3.05) is 26.2 Å². The predicted octanol–water partition coefficient (Wildman–Crippen LogP) is 3.80. The second-order valence-corrected chi connectivity index (χ2v) is 6.93. The van der Waals surface area contributed by atoms with Crippen molar-refractivity contribution < 1.29 is 19.1 Å². The van der Waals surface area contributed by atoms with Gasteiger partial charge in [-0.3, -0.25) is 0 Å². The van der Waals surface area contributed by atoms with E-state index in [1.807, 2.05) is 6.07 Å². The number of likely N-dealkylation sites (tertiary alicyclic amines) is 2. The highest BCUT2D eigenvalue weighted by atomic mass is 16.7. The molecule has 2 fully saturated rings. The quantitative estimate of drug-likeness (QED) is 0.755. The third-order valence-corrected chi connectivity index (χ3v) is 4.96. The molecule has 0 saturated carbocycles. The van der Waals surface area contributed by atoms with Gasteiger partial charge in [0.2, 0.25) is 0 Å². The molecular formula is C20H25N3O4. The van der Waals surface area contributed by atoms with Gasteiger partial charge in [0.15, 0.2) is 0 Å². The first-order valence-electron chi connectivity index (χ1n) is 9.58. The van der Waals surface area contributed by atoms with E-state index in [-0.39, 0.29) is 0 Å². The van der Waals surface area contributed by atoms with Crippen molar-refractivity contribution in [2.24, 2.45) is 0 Å². The van der Waals surface area contributed by atoms with E-state index in [0.717, 1.165) is 38.5 Å². The second-order valence-electron chi connectivity index (χ2n) is 6.93. The lowest BCUT2D eigenvalue weighted by Gasteiger charge is -2.30. The lowest BCUT2D eigenvalue weighted by molar-refractivity contribution is -0.0856. The Morgan fingerprint density at radius 3 is 1.67 bits per heavy atom. The minimum Gasteiger partial charge on any atom is -0.404 e. The zero-order chi connectivity index (χ0) is 19.1. The normalized spacial score (nSPS) is 17.3. The fourth-order valence-corrected chi connectivity index (χ4v) is 3.36. The van der Waals surface area contributed by atoms with Gasteiger partial charge in [0.25, 0.3) is 6.29 Å². The Morgan fingerprint density at radius 1 is 0.815 bits per heavy atom. The SMILES string of the molecule is N#Cc1ccc(C(OC(=O)N2CCCCC2)OC(=O)N2CCCCC2)cc1. The van der Waals surface area contributed by atoms with E-state index in [0.29, 0.717) is 37.3 Å². The molecule has 27 heavy (non-hydrogen) atoms. The van der Waals surface area contributed by atoms with E-state index in [2.05, 4.69) is 0 Å². The van der Waals surface area contributed by atoms with Crippen LogP contribution in [0.15, 0.2) is 24.3 Å². The molecule has 7 nitrogen and oxygen atoms in total. The molecule has 2 saturated heterocycles. The van der Waals surface area contributed by atoms with Crippen LogP contribution in [0, 0.1) is 11.3 Å². The summed E-state index contributed by atoms with van der Waals surface area (Å²) in [5.74, 6) is 0. The van der Waals surface area contributed by atoms with Gasteiger partial charge in [-0.15, -0.1) is 0 Å². The fraction of sp³-hybridized carbons (Fsp3) is 0.550. The Labute approximate surface area is 159 Å². The van der Waals surface area contributed by atoms with Crippen molar-refractivity contribution in [1.82, 2.24) is 9.80 Å². The molecule has 0 atom stereocenters. The molecule has 1 aromatic rings. The molecule has 0 N–H and O–H groups in total. The summed E-state index contributed by atoms with van der Waals surface area (Å²) in [7, 11) is 0. The third-order valence-electron chi connectivity index (χ3n) is 4.96. The maximum atomic E-state index is 12.5. The summed E-state index contributed by atoms with van der Waals surface area (Å²) in [4.78, 5) is 28.3. The molecule has 1 aromatic carbocycles. The number of piperidine rings is 2. The van der Waals surface area contributed by atoms with E-state index in [1.165, 1.54) is 0 Å². The highest BCUT2D eigenvalue weighted by Crippen LogP contribution is 2.24. The van der Waals surface area contributed by atoms with Crippen LogP contribution < -0.4 is 0 Å². The first-order valence-corrected chi connectivity index (χ1v) is 9.58. The summed E-state index contributed by atoms with van der Waals surface area (Å²) in [6.07, 6.45) is 3.93. The van der Waals surface area contributed by atoms with Crippen molar-refractivity contribution >= 4 is 12.2 Å². The first kappa shape index (κ1) is 19.0. The summed E-state index contributed by atoms with van der Waals surface area (Å²) >= 11 is 0. The molecule has 0 aromatic heterocycles. The number of benzene rings is 1. The van der Waals surface area contributed by atoms with Crippen molar-refractivity contribution in [3.63, 3.8) is 0 Å². The van der Waals surface area contributed by atoms with Gasteiger partial charge >= 0.3 is 12.2 Å². The van der Waals surface area contributed by atoms with Gasteiger partial charge in [0.05, 0.1) is 11.6 Å². The highest BCUT2D eigenvalue weighted by molar-refractivity contribution is 5.70. The van der Waals surface area contributed by atoms with E-state index < -0.39 is 18.5 Å². The van der Waals surface area contributed by atoms with Crippen LogP contribution >= 0.6 is 0 Å². The van der Waals surface area contributed by atoms with Crippen LogP contribution in [0.2, 0.25) is 0 Å². The Kier molecular flexibility index (Phi) is 6.53. The van der Waals surface area contributed by atoms with Crippen LogP contribution in [0.1, 0.15) is 55.9 Å². The van der Waals surface area contributed by atoms with Crippen LogP contribution in [0.3, 0.4) is 0 Å². The third kappa shape index (κ3) is 5.13. The number of rotatable bonds is 3. The van der Waals surface area contributed by atoms with Gasteiger partial charge in [-0.25, -0.2) is 9.59 Å². The van der Waals surface area contributed by atoms with Crippen molar-refractivity contribution in [3.8, 4) is 6.07 Å². The zero-order valence-corrected chi connectivity index (χ0v) is 15.4. The van der Waals surface area contributed by atoms with Crippen molar-refractivity contribution in [1.29, 1.82) is 5.26 Å². The topological polar surface area (TPSA) is 82.9 Å². The van der Waals surface area contributed by atoms with Crippen LogP contribution in [-0.4, -0.2) is 48.2 Å². The molecule has 2 aliphatic rings. The maximum absolute atomic E-state index is 12.5. The Balaban J connectivity index is 1.71. The summed E-state index contributed by atoms with van der Waals surface area (Å²) in [6.45, 7) is 2.61. The number of ether oxygens (including phenoxy) is 2. The fourth-order valence-electron chi connectivity index (χ4n) is 3.36. The number of nitriles is 1. The molecule has 2 amide bonds. The minimum absolute atomic E-state index is 0.476. The molecule has 0 bridgehead atoms. The van der Waals surface area contributed by atoms with Crippen molar-refractivity contribution in [2.45, 2.75) is 44.8 Å². The molecule has 2 heterocycles. The molecule has 7 heteroatoms. The standard InChI is InChI=1S/C20H25N3O4/c21-15-16-7-9-17(10-8-16)18(26-19(24)22-11-3-1-4-12-22)27-20(25)23-13-5-2-6-14-23/h7-10,18H,1-6,11-14H2. The number of amides is 2. The summed E-state index contributed by atoms with van der Waals surface area (Å²) in [5.41, 5.74) is 1.02. The van der Waals surface area contributed by atoms with Gasteiger partial charge in [0, 0.05) is 31.7 Å². The molecule has 0 aliphatic carbocycles. The van der Waals surface area contributed by atoms with Crippen LogP contribution in [0.4, 0.5) is 9.59 Å². The van der Waals surface area contributed by atoms with Crippen LogP contribution in [-0.2, 0) is 9.47 Å². The maximum Gasteiger partial charge on any atom is 0.413 e. The molecule has 0 unspecified atom stereocenters. The Morgan fingerprint density at radius 2 is 1.26 bits per heavy atom. The zero-order valence-electron chi connectivity index (χ0n) is 15.4. The van der Waals surface area contributed by atoms with Gasteiger partial charge in [0.1, 0.15) is 0 Å². The van der Waals surface area contributed by atoms with E-state index in [4.69, 9.17) is 14.7 Å².